The highest BCUT2D eigenvalue weighted by Gasteiger charge is 2.34. The van der Waals surface area contributed by atoms with Gasteiger partial charge in [-0.25, -0.2) is 0 Å². The average Bonchev–Trinajstić information content (AvgIpc) is 3.06. The van der Waals surface area contributed by atoms with Crippen molar-refractivity contribution in [1.82, 2.24) is 4.90 Å². The minimum absolute atomic E-state index is 0.0586. The van der Waals surface area contributed by atoms with Gasteiger partial charge in [0.05, 0.1) is 17.7 Å². The summed E-state index contributed by atoms with van der Waals surface area (Å²) >= 11 is 0. The molecular weight excluding hydrogens is 414 g/mol. The number of nitrogens with zero attached hydrogens (tertiary/aromatic N) is 1. The normalized spacial score (nSPS) is 12.9. The smallest absolute Gasteiger partial charge is 0.305 e. The fraction of sp³-hybridized carbons (Fsp3) is 0.679. The maximum Gasteiger partial charge on any atom is 0.305 e. The number of esters is 1. The molecule has 1 heterocycles. The van der Waals surface area contributed by atoms with E-state index in [1.54, 1.807) is 24.3 Å². The van der Waals surface area contributed by atoms with E-state index in [2.05, 4.69) is 6.92 Å². The Balaban J connectivity index is 1.37. The van der Waals surface area contributed by atoms with E-state index >= 15 is 0 Å². The van der Waals surface area contributed by atoms with Gasteiger partial charge in [-0.2, -0.15) is 0 Å². The number of hydrogen-bond acceptors (Lipinski definition) is 4. The number of hydrogen-bond donors (Lipinski definition) is 0. The van der Waals surface area contributed by atoms with Crippen LogP contribution in [0.25, 0.3) is 0 Å². The summed E-state index contributed by atoms with van der Waals surface area (Å²) in [5.41, 5.74) is 0.846. The summed E-state index contributed by atoms with van der Waals surface area (Å²) in [5, 5.41) is 0. The zero-order valence-electron chi connectivity index (χ0n) is 20.6. The Labute approximate surface area is 200 Å². The second-order valence-electron chi connectivity index (χ2n) is 9.23. The Morgan fingerprint density at radius 1 is 0.697 bits per heavy atom. The van der Waals surface area contributed by atoms with E-state index in [0.717, 1.165) is 17.7 Å². The van der Waals surface area contributed by atoms with Gasteiger partial charge in [0, 0.05) is 6.42 Å². The van der Waals surface area contributed by atoms with Gasteiger partial charge in [0.15, 0.2) is 0 Å². The molecule has 0 aromatic heterocycles. The molecule has 1 aliphatic heterocycles. The lowest BCUT2D eigenvalue weighted by molar-refractivity contribution is -0.144. The van der Waals surface area contributed by atoms with Gasteiger partial charge in [0.2, 0.25) is 0 Å². The summed E-state index contributed by atoms with van der Waals surface area (Å²) in [6, 6.07) is 6.78. The van der Waals surface area contributed by atoms with Crippen LogP contribution in [0.3, 0.4) is 0 Å². The fourth-order valence-electron chi connectivity index (χ4n) is 4.41. The standard InChI is InChI=1S/C28H43NO4/c1-2-3-4-5-6-7-8-9-10-11-12-13-14-15-16-21-26(30)33-23-22-29-27(31)24-19-17-18-20-25(24)28(29)32/h17-20H,2-16,21-23H2,1H3. The Morgan fingerprint density at radius 2 is 1.12 bits per heavy atom. The minimum atomic E-state index is -0.311. The molecule has 5 heteroatoms. The van der Waals surface area contributed by atoms with Crippen molar-refractivity contribution in [2.75, 3.05) is 13.2 Å². The highest BCUT2D eigenvalue weighted by molar-refractivity contribution is 6.21. The van der Waals surface area contributed by atoms with Gasteiger partial charge in [-0.1, -0.05) is 109 Å². The fourth-order valence-corrected chi connectivity index (χ4v) is 4.41. The van der Waals surface area contributed by atoms with E-state index in [-0.39, 0.29) is 30.9 Å². The maximum atomic E-state index is 12.3. The molecule has 0 N–H and O–H groups in total. The van der Waals surface area contributed by atoms with Gasteiger partial charge in [0.25, 0.3) is 11.8 Å². The molecule has 0 saturated carbocycles. The van der Waals surface area contributed by atoms with Crippen molar-refractivity contribution in [3.8, 4) is 0 Å². The first-order chi connectivity index (χ1) is 16.1. The van der Waals surface area contributed by atoms with E-state index in [9.17, 15) is 14.4 Å². The summed E-state index contributed by atoms with van der Waals surface area (Å²) in [5.74, 6) is -0.871. The van der Waals surface area contributed by atoms with Gasteiger partial charge in [-0.15, -0.1) is 0 Å². The monoisotopic (exact) mass is 457 g/mol. The van der Waals surface area contributed by atoms with Crippen LogP contribution in [0.15, 0.2) is 24.3 Å². The molecule has 5 nitrogen and oxygen atoms in total. The molecule has 1 aromatic carbocycles. The molecule has 2 amide bonds. The third-order valence-electron chi connectivity index (χ3n) is 6.44. The second kappa shape index (κ2) is 16.4. The number of ether oxygens (including phenoxy) is 1. The Morgan fingerprint density at radius 3 is 1.58 bits per heavy atom. The largest absolute Gasteiger partial charge is 0.464 e. The molecule has 1 aliphatic rings. The minimum Gasteiger partial charge on any atom is -0.464 e. The van der Waals surface area contributed by atoms with Crippen LogP contribution in [-0.4, -0.2) is 35.8 Å². The highest BCUT2D eigenvalue weighted by Crippen LogP contribution is 2.22. The van der Waals surface area contributed by atoms with Crippen molar-refractivity contribution in [1.29, 1.82) is 0 Å². The summed E-state index contributed by atoms with van der Waals surface area (Å²) in [7, 11) is 0. The van der Waals surface area contributed by atoms with Crippen molar-refractivity contribution in [3.05, 3.63) is 35.4 Å². The van der Waals surface area contributed by atoms with Crippen LogP contribution in [0.4, 0.5) is 0 Å². The van der Waals surface area contributed by atoms with Gasteiger partial charge in [-0.05, 0) is 18.6 Å². The molecule has 0 radical (unpaired) electrons. The van der Waals surface area contributed by atoms with Crippen molar-refractivity contribution in [3.63, 3.8) is 0 Å². The maximum absolute atomic E-state index is 12.3. The molecule has 2 rings (SSSR count). The SMILES string of the molecule is CCCCCCCCCCCCCCCCCC(=O)OCCN1C(=O)c2ccccc2C1=O. The van der Waals surface area contributed by atoms with Crippen molar-refractivity contribution in [2.45, 2.75) is 110 Å². The predicted molar refractivity (Wildman–Crippen MR) is 132 cm³/mol. The molecule has 0 atom stereocenters. The summed E-state index contributed by atoms with van der Waals surface area (Å²) in [6.45, 7) is 2.43. The molecule has 0 bridgehead atoms. The quantitative estimate of drug-likeness (QED) is 0.126. The van der Waals surface area contributed by atoms with Gasteiger partial charge in [-0.3, -0.25) is 19.3 Å². The zero-order valence-corrected chi connectivity index (χ0v) is 20.6. The van der Waals surface area contributed by atoms with E-state index in [1.165, 1.54) is 83.5 Å². The first-order valence-corrected chi connectivity index (χ1v) is 13.3. The highest BCUT2D eigenvalue weighted by atomic mass is 16.5. The third kappa shape index (κ3) is 10.1. The Kier molecular flexibility index (Phi) is 13.5. The number of rotatable bonds is 19. The van der Waals surface area contributed by atoms with Crippen molar-refractivity contribution in [2.24, 2.45) is 0 Å². The van der Waals surface area contributed by atoms with Gasteiger partial charge < -0.3 is 4.74 Å². The predicted octanol–water partition coefficient (Wildman–Crippen LogP) is 7.09. The van der Waals surface area contributed by atoms with Crippen LogP contribution in [0.1, 0.15) is 130 Å². The summed E-state index contributed by atoms with van der Waals surface area (Å²) in [4.78, 5) is 37.6. The number of carbonyl (C=O) groups excluding carboxylic acids is 3. The van der Waals surface area contributed by atoms with Crippen LogP contribution in [0, 0.1) is 0 Å². The second-order valence-corrected chi connectivity index (χ2v) is 9.23. The van der Waals surface area contributed by atoms with E-state index in [1.807, 2.05) is 0 Å². The number of benzene rings is 1. The number of imide groups is 1. The first-order valence-electron chi connectivity index (χ1n) is 13.3. The first kappa shape index (κ1) is 27.1. The average molecular weight is 458 g/mol. The van der Waals surface area contributed by atoms with Crippen molar-refractivity contribution >= 4 is 17.8 Å². The molecule has 184 valence electrons. The zero-order chi connectivity index (χ0) is 23.7. The van der Waals surface area contributed by atoms with Crippen LogP contribution in [-0.2, 0) is 9.53 Å². The van der Waals surface area contributed by atoms with E-state index in [0.29, 0.717) is 17.5 Å². The van der Waals surface area contributed by atoms with Gasteiger partial charge in [0.1, 0.15) is 6.61 Å². The summed E-state index contributed by atoms with van der Waals surface area (Å²) in [6.07, 6.45) is 19.8. The van der Waals surface area contributed by atoms with Crippen LogP contribution >= 0.6 is 0 Å². The molecule has 0 spiro atoms. The molecule has 33 heavy (non-hydrogen) atoms. The van der Waals surface area contributed by atoms with E-state index in [4.69, 9.17) is 4.74 Å². The molecule has 0 saturated heterocycles. The van der Waals surface area contributed by atoms with E-state index < -0.39 is 0 Å². The lowest BCUT2D eigenvalue weighted by Gasteiger charge is -2.13. The molecule has 0 aliphatic carbocycles. The number of amides is 2. The molecular formula is C28H43NO4. The van der Waals surface area contributed by atoms with Gasteiger partial charge >= 0.3 is 5.97 Å². The Bertz CT molecular complexity index is 695. The topological polar surface area (TPSA) is 63.7 Å². The van der Waals surface area contributed by atoms with Crippen LogP contribution < -0.4 is 0 Å². The van der Waals surface area contributed by atoms with Crippen LogP contribution in [0.2, 0.25) is 0 Å². The summed E-state index contributed by atoms with van der Waals surface area (Å²) < 4.78 is 5.23. The molecule has 0 unspecified atom stereocenters. The van der Waals surface area contributed by atoms with Crippen molar-refractivity contribution < 1.29 is 19.1 Å². The Hall–Kier alpha value is -2.17. The number of carbonyl (C=O) groups is 3. The number of fused-ring (bicyclic) bond motifs is 1. The lowest BCUT2D eigenvalue weighted by Crippen LogP contribution is -2.33. The molecule has 0 fully saturated rings. The third-order valence-corrected chi connectivity index (χ3v) is 6.44. The molecule has 1 aromatic rings. The number of unbranched alkanes of at least 4 members (excludes halogenated alkanes) is 14. The van der Waals surface area contributed by atoms with Crippen LogP contribution in [0.5, 0.6) is 0 Å². The lowest BCUT2D eigenvalue weighted by atomic mass is 10.0.